The highest BCUT2D eigenvalue weighted by Crippen LogP contribution is 2.18. The number of hydrogen-bond donors (Lipinski definition) is 2. The highest BCUT2D eigenvalue weighted by Gasteiger charge is 2.15. The molecule has 1 aliphatic rings. The Labute approximate surface area is 196 Å². The van der Waals surface area contributed by atoms with Crippen molar-refractivity contribution in [3.8, 4) is 0 Å². The lowest BCUT2D eigenvalue weighted by molar-refractivity contribution is 0.185. The van der Waals surface area contributed by atoms with Gasteiger partial charge in [0, 0.05) is 38.5 Å². The maximum absolute atomic E-state index is 4.50. The highest BCUT2D eigenvalue weighted by molar-refractivity contribution is 14.0. The van der Waals surface area contributed by atoms with Crippen LogP contribution in [0.25, 0.3) is 0 Å². The van der Waals surface area contributed by atoms with Crippen molar-refractivity contribution >= 4 is 41.3 Å². The Morgan fingerprint density at radius 2 is 2.00 bits per heavy atom. The number of aryl methyl sites for hydroxylation is 1. The van der Waals surface area contributed by atoms with Gasteiger partial charge in [0.1, 0.15) is 0 Å². The van der Waals surface area contributed by atoms with Gasteiger partial charge in [-0.1, -0.05) is 31.2 Å². The molecule has 1 fully saturated rings. The number of likely N-dealkylation sites (tertiary alicyclic amines) is 1. The topological polar surface area (TPSA) is 52.6 Å². The van der Waals surface area contributed by atoms with E-state index in [0.29, 0.717) is 0 Å². The minimum atomic E-state index is 0. The molecule has 0 unspecified atom stereocenters. The van der Waals surface area contributed by atoms with Crippen LogP contribution in [0.5, 0.6) is 0 Å². The SMILES string of the molecule is CN=C(NCCc1csc(C)n1)NCc1cccc(CN2CCC(C)CC2)c1.I. The van der Waals surface area contributed by atoms with Crippen molar-refractivity contribution in [2.75, 3.05) is 26.7 Å². The standard InChI is InChI=1S/C22H33N5S.HI/c1-17-8-11-27(12-9-17)15-20-6-4-5-19(13-20)14-25-22(23-3)24-10-7-21-16-28-18(2)26-21;/h4-6,13,16-17H,7-12,14-15H2,1-3H3,(H2,23,24,25);1H. The summed E-state index contributed by atoms with van der Waals surface area (Å²) >= 11 is 1.70. The number of thiazole rings is 1. The second kappa shape index (κ2) is 12.5. The van der Waals surface area contributed by atoms with Gasteiger partial charge >= 0.3 is 0 Å². The van der Waals surface area contributed by atoms with Gasteiger partial charge in [0.25, 0.3) is 0 Å². The summed E-state index contributed by atoms with van der Waals surface area (Å²) in [6.45, 7) is 9.51. The summed E-state index contributed by atoms with van der Waals surface area (Å²) in [4.78, 5) is 11.4. The van der Waals surface area contributed by atoms with E-state index in [1.165, 1.54) is 37.1 Å². The van der Waals surface area contributed by atoms with Gasteiger partial charge in [0.15, 0.2) is 5.96 Å². The molecule has 160 valence electrons. The van der Waals surface area contributed by atoms with Crippen LogP contribution in [0.2, 0.25) is 0 Å². The molecular formula is C22H34IN5S. The van der Waals surface area contributed by atoms with Gasteiger partial charge in [-0.2, -0.15) is 0 Å². The Bertz CT molecular complexity index is 768. The normalized spacial score (nSPS) is 15.8. The van der Waals surface area contributed by atoms with Crippen molar-refractivity contribution in [3.05, 3.63) is 51.5 Å². The molecule has 1 aliphatic heterocycles. The Kier molecular flexibility index (Phi) is 10.4. The molecule has 2 N–H and O–H groups in total. The van der Waals surface area contributed by atoms with Crippen molar-refractivity contribution in [2.24, 2.45) is 10.9 Å². The zero-order chi connectivity index (χ0) is 19.8. The minimum absolute atomic E-state index is 0. The number of nitrogens with one attached hydrogen (secondary N) is 2. The molecule has 0 amide bonds. The number of nitrogens with zero attached hydrogens (tertiary/aromatic N) is 3. The zero-order valence-corrected chi connectivity index (χ0v) is 20.9. The minimum Gasteiger partial charge on any atom is -0.356 e. The monoisotopic (exact) mass is 527 g/mol. The van der Waals surface area contributed by atoms with Gasteiger partial charge < -0.3 is 10.6 Å². The summed E-state index contributed by atoms with van der Waals surface area (Å²) in [6.07, 6.45) is 3.56. The summed E-state index contributed by atoms with van der Waals surface area (Å²) in [5, 5.41) is 10.0. The second-order valence-electron chi connectivity index (χ2n) is 7.74. The predicted molar refractivity (Wildman–Crippen MR) is 134 cm³/mol. The molecule has 0 radical (unpaired) electrons. The number of hydrogen-bond acceptors (Lipinski definition) is 4. The van der Waals surface area contributed by atoms with Gasteiger partial charge in [0.05, 0.1) is 10.7 Å². The van der Waals surface area contributed by atoms with E-state index in [1.807, 2.05) is 14.0 Å². The van der Waals surface area contributed by atoms with E-state index in [2.05, 4.69) is 62.1 Å². The van der Waals surface area contributed by atoms with Crippen LogP contribution >= 0.6 is 35.3 Å². The van der Waals surface area contributed by atoms with Crippen LogP contribution in [0.3, 0.4) is 0 Å². The smallest absolute Gasteiger partial charge is 0.191 e. The third-order valence-corrected chi connectivity index (χ3v) is 6.12. The zero-order valence-electron chi connectivity index (χ0n) is 17.8. The third kappa shape index (κ3) is 8.22. The molecular weight excluding hydrogens is 493 g/mol. The van der Waals surface area contributed by atoms with E-state index in [9.17, 15) is 0 Å². The first-order valence-corrected chi connectivity index (χ1v) is 11.2. The van der Waals surface area contributed by atoms with Gasteiger partial charge in [-0.25, -0.2) is 4.98 Å². The molecule has 0 bridgehead atoms. The fourth-order valence-corrected chi connectivity index (χ4v) is 4.20. The lowest BCUT2D eigenvalue weighted by Gasteiger charge is -2.30. The van der Waals surface area contributed by atoms with Gasteiger partial charge in [-0.3, -0.25) is 9.89 Å². The molecule has 0 aliphatic carbocycles. The highest BCUT2D eigenvalue weighted by atomic mass is 127. The average Bonchev–Trinajstić information content (AvgIpc) is 3.12. The predicted octanol–water partition coefficient (Wildman–Crippen LogP) is 4.21. The molecule has 0 saturated carbocycles. The molecule has 29 heavy (non-hydrogen) atoms. The largest absolute Gasteiger partial charge is 0.356 e. The maximum atomic E-state index is 4.50. The van der Waals surface area contributed by atoms with Crippen molar-refractivity contribution in [3.63, 3.8) is 0 Å². The first-order valence-electron chi connectivity index (χ1n) is 10.3. The van der Waals surface area contributed by atoms with E-state index in [0.717, 1.165) is 48.6 Å². The van der Waals surface area contributed by atoms with Crippen molar-refractivity contribution in [1.29, 1.82) is 0 Å². The fraction of sp³-hybridized carbons (Fsp3) is 0.545. The van der Waals surface area contributed by atoms with E-state index in [1.54, 1.807) is 11.3 Å². The molecule has 7 heteroatoms. The maximum Gasteiger partial charge on any atom is 0.191 e. The number of rotatable bonds is 7. The third-order valence-electron chi connectivity index (χ3n) is 5.30. The van der Waals surface area contributed by atoms with E-state index in [-0.39, 0.29) is 24.0 Å². The lowest BCUT2D eigenvalue weighted by Crippen LogP contribution is -2.38. The molecule has 0 atom stereocenters. The van der Waals surface area contributed by atoms with Crippen molar-refractivity contribution in [1.82, 2.24) is 20.5 Å². The van der Waals surface area contributed by atoms with E-state index >= 15 is 0 Å². The summed E-state index contributed by atoms with van der Waals surface area (Å²) < 4.78 is 0. The summed E-state index contributed by atoms with van der Waals surface area (Å²) in [6, 6.07) is 8.90. The van der Waals surface area contributed by atoms with Crippen LogP contribution in [0.15, 0.2) is 34.6 Å². The Morgan fingerprint density at radius 1 is 1.24 bits per heavy atom. The van der Waals surface area contributed by atoms with Crippen molar-refractivity contribution < 1.29 is 0 Å². The van der Waals surface area contributed by atoms with Crippen LogP contribution in [0.4, 0.5) is 0 Å². The van der Waals surface area contributed by atoms with Gasteiger partial charge in [0.2, 0.25) is 0 Å². The number of aliphatic imine (C=N–C) groups is 1. The molecule has 5 nitrogen and oxygen atoms in total. The number of halogens is 1. The molecule has 2 aromatic rings. The molecule has 0 spiro atoms. The lowest BCUT2D eigenvalue weighted by atomic mass is 9.98. The van der Waals surface area contributed by atoms with E-state index in [4.69, 9.17) is 0 Å². The Balaban J connectivity index is 0.00000300. The summed E-state index contributed by atoms with van der Waals surface area (Å²) in [5.74, 6) is 1.72. The van der Waals surface area contributed by atoms with Crippen LogP contribution < -0.4 is 10.6 Å². The Hall–Kier alpha value is -1.19. The number of guanidine groups is 1. The van der Waals surface area contributed by atoms with Gasteiger partial charge in [-0.15, -0.1) is 35.3 Å². The fourth-order valence-electron chi connectivity index (χ4n) is 3.55. The molecule has 3 rings (SSSR count). The van der Waals surface area contributed by atoms with Crippen LogP contribution in [-0.4, -0.2) is 42.5 Å². The first kappa shape index (κ1) is 24.1. The van der Waals surface area contributed by atoms with E-state index < -0.39 is 0 Å². The number of piperidine rings is 1. The first-order chi connectivity index (χ1) is 13.6. The molecule has 1 aromatic heterocycles. The summed E-state index contributed by atoms with van der Waals surface area (Å²) in [5.41, 5.74) is 3.84. The quantitative estimate of drug-likeness (QED) is 0.322. The average molecular weight is 528 g/mol. The van der Waals surface area contributed by atoms with Crippen LogP contribution in [-0.2, 0) is 19.5 Å². The van der Waals surface area contributed by atoms with Crippen LogP contribution in [0.1, 0.15) is 41.6 Å². The van der Waals surface area contributed by atoms with Crippen LogP contribution in [0, 0.1) is 12.8 Å². The molecule has 2 heterocycles. The number of benzene rings is 1. The second-order valence-corrected chi connectivity index (χ2v) is 8.80. The van der Waals surface area contributed by atoms with Gasteiger partial charge in [-0.05, 0) is 49.9 Å². The summed E-state index contributed by atoms with van der Waals surface area (Å²) in [7, 11) is 1.82. The number of aromatic nitrogens is 1. The Morgan fingerprint density at radius 3 is 2.69 bits per heavy atom. The van der Waals surface area contributed by atoms with Crippen molar-refractivity contribution in [2.45, 2.75) is 46.2 Å². The molecule has 1 aromatic carbocycles. The molecule has 1 saturated heterocycles.